The third-order valence-electron chi connectivity index (χ3n) is 5.53. The zero-order chi connectivity index (χ0) is 21.9. The zero-order valence-corrected chi connectivity index (χ0v) is 18.8. The van der Waals surface area contributed by atoms with Crippen molar-refractivity contribution in [3.63, 3.8) is 0 Å². The molecule has 0 fully saturated rings. The lowest BCUT2D eigenvalue weighted by molar-refractivity contribution is 0.219. The van der Waals surface area contributed by atoms with Gasteiger partial charge in [-0.1, -0.05) is 68.4 Å². The standard InChI is InChI=1S/C25H34N6/c1-4-31(5-2)24(23-9-7-6-8-10-23)18-29-25(26-3)28-17-21-11-13-22(14-12-21)19-30-16-15-27-20-30/h6-16,20,24H,4-5,17-19H2,1-3H3,(H2,26,28,29). The first-order valence-electron chi connectivity index (χ1n) is 11.0. The highest BCUT2D eigenvalue weighted by Gasteiger charge is 2.18. The topological polar surface area (TPSA) is 57.5 Å². The van der Waals surface area contributed by atoms with Crippen LogP contribution in [0.25, 0.3) is 0 Å². The molecule has 6 heteroatoms. The van der Waals surface area contributed by atoms with Crippen LogP contribution >= 0.6 is 0 Å². The summed E-state index contributed by atoms with van der Waals surface area (Å²) in [6.07, 6.45) is 5.62. The maximum Gasteiger partial charge on any atom is 0.191 e. The molecular formula is C25H34N6. The SMILES string of the molecule is CCN(CC)C(CNC(=NC)NCc1ccc(Cn2ccnc2)cc1)c1ccccc1. The van der Waals surface area contributed by atoms with E-state index in [1.807, 2.05) is 19.6 Å². The number of rotatable bonds is 10. The second-order valence-corrected chi connectivity index (χ2v) is 7.51. The Morgan fingerprint density at radius 3 is 2.32 bits per heavy atom. The van der Waals surface area contributed by atoms with Gasteiger partial charge in [0.25, 0.3) is 0 Å². The molecule has 0 aliphatic rings. The molecule has 3 rings (SSSR count). The van der Waals surface area contributed by atoms with Crippen LogP contribution in [-0.2, 0) is 13.1 Å². The molecule has 0 aliphatic carbocycles. The molecule has 31 heavy (non-hydrogen) atoms. The number of likely N-dealkylation sites (N-methyl/N-ethyl adjacent to an activating group) is 1. The van der Waals surface area contributed by atoms with E-state index >= 15 is 0 Å². The van der Waals surface area contributed by atoms with Gasteiger partial charge in [0.15, 0.2) is 5.96 Å². The largest absolute Gasteiger partial charge is 0.354 e. The summed E-state index contributed by atoms with van der Waals surface area (Å²) in [5, 5.41) is 6.95. The van der Waals surface area contributed by atoms with Gasteiger partial charge in [-0.25, -0.2) is 4.98 Å². The number of aromatic nitrogens is 2. The summed E-state index contributed by atoms with van der Waals surface area (Å²) in [7, 11) is 1.82. The summed E-state index contributed by atoms with van der Waals surface area (Å²) >= 11 is 0. The van der Waals surface area contributed by atoms with E-state index in [4.69, 9.17) is 0 Å². The third-order valence-corrected chi connectivity index (χ3v) is 5.53. The van der Waals surface area contributed by atoms with E-state index in [2.05, 4.69) is 98.5 Å². The highest BCUT2D eigenvalue weighted by Crippen LogP contribution is 2.19. The summed E-state index contributed by atoms with van der Waals surface area (Å²) < 4.78 is 2.07. The monoisotopic (exact) mass is 418 g/mol. The van der Waals surface area contributed by atoms with E-state index in [1.165, 1.54) is 16.7 Å². The molecule has 0 bridgehead atoms. The molecule has 0 radical (unpaired) electrons. The Hall–Kier alpha value is -3.12. The number of aliphatic imine (C=N–C) groups is 1. The fourth-order valence-electron chi connectivity index (χ4n) is 3.75. The lowest BCUT2D eigenvalue weighted by atomic mass is 10.1. The van der Waals surface area contributed by atoms with Gasteiger partial charge in [-0.2, -0.15) is 0 Å². The molecule has 2 N–H and O–H groups in total. The minimum Gasteiger partial charge on any atom is -0.354 e. The van der Waals surface area contributed by atoms with Gasteiger partial charge in [0.05, 0.1) is 12.4 Å². The highest BCUT2D eigenvalue weighted by atomic mass is 15.2. The third kappa shape index (κ3) is 6.69. The van der Waals surface area contributed by atoms with Gasteiger partial charge < -0.3 is 15.2 Å². The van der Waals surface area contributed by atoms with Crippen LogP contribution in [0.15, 0.2) is 78.3 Å². The van der Waals surface area contributed by atoms with Gasteiger partial charge in [0, 0.05) is 39.1 Å². The van der Waals surface area contributed by atoms with Crippen LogP contribution in [0.5, 0.6) is 0 Å². The molecular weight excluding hydrogens is 384 g/mol. The average molecular weight is 419 g/mol. The van der Waals surface area contributed by atoms with Gasteiger partial charge in [-0.05, 0) is 29.8 Å². The number of imidazole rings is 1. The van der Waals surface area contributed by atoms with Crippen LogP contribution in [-0.4, -0.2) is 47.1 Å². The number of hydrogen-bond acceptors (Lipinski definition) is 3. The molecule has 1 atom stereocenters. The highest BCUT2D eigenvalue weighted by molar-refractivity contribution is 5.79. The van der Waals surface area contributed by atoms with Crippen LogP contribution in [0, 0.1) is 0 Å². The van der Waals surface area contributed by atoms with Crippen molar-refractivity contribution in [3.05, 3.63) is 90.0 Å². The minimum atomic E-state index is 0.303. The molecule has 1 aromatic heterocycles. The van der Waals surface area contributed by atoms with Crippen molar-refractivity contribution < 1.29 is 0 Å². The Bertz CT molecular complexity index is 899. The molecule has 0 aliphatic heterocycles. The maximum absolute atomic E-state index is 4.41. The molecule has 1 unspecified atom stereocenters. The summed E-state index contributed by atoms with van der Waals surface area (Å²) in [5.74, 6) is 0.815. The van der Waals surface area contributed by atoms with Crippen molar-refractivity contribution in [2.45, 2.75) is 33.0 Å². The number of nitrogens with one attached hydrogen (secondary N) is 2. The van der Waals surface area contributed by atoms with Gasteiger partial charge in [0.1, 0.15) is 0 Å². The first kappa shape index (κ1) is 22.6. The lowest BCUT2D eigenvalue weighted by Crippen LogP contribution is -2.43. The summed E-state index contributed by atoms with van der Waals surface area (Å²) in [6.45, 7) is 8.81. The zero-order valence-electron chi connectivity index (χ0n) is 18.8. The Labute approximate surface area is 186 Å². The van der Waals surface area contributed by atoms with Crippen molar-refractivity contribution >= 4 is 5.96 Å². The molecule has 1 heterocycles. The van der Waals surface area contributed by atoms with E-state index < -0.39 is 0 Å². The first-order chi connectivity index (χ1) is 15.2. The van der Waals surface area contributed by atoms with Crippen LogP contribution < -0.4 is 10.6 Å². The number of nitrogens with zero attached hydrogens (tertiary/aromatic N) is 4. The average Bonchev–Trinajstić information content (AvgIpc) is 3.33. The van der Waals surface area contributed by atoms with Gasteiger partial charge in [-0.15, -0.1) is 0 Å². The molecule has 164 valence electrons. The lowest BCUT2D eigenvalue weighted by Gasteiger charge is -2.30. The second-order valence-electron chi connectivity index (χ2n) is 7.51. The van der Waals surface area contributed by atoms with Crippen LogP contribution in [0.1, 0.15) is 36.6 Å². The Kier molecular flexibility index (Phi) is 8.67. The van der Waals surface area contributed by atoms with Crippen molar-refractivity contribution in [1.82, 2.24) is 25.1 Å². The van der Waals surface area contributed by atoms with E-state index in [0.29, 0.717) is 6.04 Å². The van der Waals surface area contributed by atoms with E-state index in [1.54, 1.807) is 6.20 Å². The van der Waals surface area contributed by atoms with E-state index in [-0.39, 0.29) is 0 Å². The molecule has 0 saturated heterocycles. The fourth-order valence-corrected chi connectivity index (χ4v) is 3.75. The van der Waals surface area contributed by atoms with Crippen LogP contribution in [0.4, 0.5) is 0 Å². The smallest absolute Gasteiger partial charge is 0.191 e. The number of guanidine groups is 1. The fraction of sp³-hybridized carbons (Fsp3) is 0.360. The summed E-state index contributed by atoms with van der Waals surface area (Å²) in [6, 6.07) is 19.6. The van der Waals surface area contributed by atoms with E-state index in [9.17, 15) is 0 Å². The van der Waals surface area contributed by atoms with Gasteiger partial charge in [0.2, 0.25) is 0 Å². The normalized spacial score (nSPS) is 12.7. The number of hydrogen-bond donors (Lipinski definition) is 2. The first-order valence-corrected chi connectivity index (χ1v) is 11.0. The number of benzene rings is 2. The molecule has 0 saturated carbocycles. The molecule has 6 nitrogen and oxygen atoms in total. The Morgan fingerprint density at radius 1 is 1.00 bits per heavy atom. The Morgan fingerprint density at radius 2 is 1.71 bits per heavy atom. The van der Waals surface area contributed by atoms with Crippen molar-refractivity contribution in [2.24, 2.45) is 4.99 Å². The molecule has 2 aromatic carbocycles. The molecule has 0 spiro atoms. The van der Waals surface area contributed by atoms with Crippen molar-refractivity contribution in [1.29, 1.82) is 0 Å². The second kappa shape index (κ2) is 11.9. The molecule has 0 amide bonds. The quantitative estimate of drug-likeness (QED) is 0.390. The predicted molar refractivity (Wildman–Crippen MR) is 128 cm³/mol. The van der Waals surface area contributed by atoms with Gasteiger partial charge in [-0.3, -0.25) is 9.89 Å². The van der Waals surface area contributed by atoms with Crippen molar-refractivity contribution in [3.8, 4) is 0 Å². The minimum absolute atomic E-state index is 0.303. The predicted octanol–water partition coefficient (Wildman–Crippen LogP) is 3.68. The van der Waals surface area contributed by atoms with Gasteiger partial charge >= 0.3 is 0 Å². The van der Waals surface area contributed by atoms with Crippen LogP contribution in [0.2, 0.25) is 0 Å². The summed E-state index contributed by atoms with van der Waals surface area (Å²) in [5.41, 5.74) is 3.80. The molecule has 3 aromatic rings. The van der Waals surface area contributed by atoms with E-state index in [0.717, 1.165) is 38.7 Å². The Balaban J connectivity index is 1.54. The van der Waals surface area contributed by atoms with Crippen molar-refractivity contribution in [2.75, 3.05) is 26.7 Å². The maximum atomic E-state index is 4.41. The summed E-state index contributed by atoms with van der Waals surface area (Å²) in [4.78, 5) is 11.0. The van der Waals surface area contributed by atoms with Crippen LogP contribution in [0.3, 0.4) is 0 Å².